The third kappa shape index (κ3) is 3.96. The largest absolute Gasteiger partial charge is 0.504 e. The van der Waals surface area contributed by atoms with Gasteiger partial charge in [0.25, 0.3) is 0 Å². The first kappa shape index (κ1) is 17.8. The summed E-state index contributed by atoms with van der Waals surface area (Å²) >= 11 is 0. The summed E-state index contributed by atoms with van der Waals surface area (Å²) in [5.41, 5.74) is 0.883. The lowest BCUT2D eigenvalue weighted by Crippen LogP contribution is -2.35. The molecule has 1 saturated heterocycles. The predicted octanol–water partition coefficient (Wildman–Crippen LogP) is 2.47. The van der Waals surface area contributed by atoms with Gasteiger partial charge in [-0.25, -0.2) is 4.98 Å². The smallest absolute Gasteiger partial charge is 0.162 e. The molecule has 6 nitrogen and oxygen atoms in total. The molecule has 0 bridgehead atoms. The second kappa shape index (κ2) is 7.89. The highest BCUT2D eigenvalue weighted by Crippen LogP contribution is 2.33. The molecule has 1 fully saturated rings. The number of hydrogen-bond donors (Lipinski definition) is 2. The molecule has 25 heavy (non-hydrogen) atoms. The van der Waals surface area contributed by atoms with Gasteiger partial charge in [-0.2, -0.15) is 0 Å². The number of aliphatic hydroxyl groups is 1. The van der Waals surface area contributed by atoms with Crippen molar-refractivity contribution in [1.29, 1.82) is 0 Å². The second-order valence-corrected chi connectivity index (χ2v) is 6.65. The Labute approximate surface area is 148 Å². The van der Waals surface area contributed by atoms with E-state index in [9.17, 15) is 10.2 Å². The quantitative estimate of drug-likeness (QED) is 0.842. The molecule has 6 heteroatoms. The molecule has 2 heterocycles. The van der Waals surface area contributed by atoms with E-state index in [1.807, 2.05) is 36.9 Å². The van der Waals surface area contributed by atoms with E-state index in [0.717, 1.165) is 37.3 Å². The van der Waals surface area contributed by atoms with Crippen LogP contribution in [-0.2, 0) is 13.6 Å². The summed E-state index contributed by atoms with van der Waals surface area (Å²) in [6.07, 6.45) is 4.90. The van der Waals surface area contributed by atoms with Gasteiger partial charge >= 0.3 is 0 Å². The maximum absolute atomic E-state index is 10.6. The van der Waals surface area contributed by atoms with Crippen molar-refractivity contribution in [3.05, 3.63) is 42.0 Å². The Morgan fingerprint density at radius 1 is 1.32 bits per heavy atom. The molecule has 1 unspecified atom stereocenters. The number of aromatic nitrogens is 2. The molecule has 0 spiro atoms. The van der Waals surface area contributed by atoms with Crippen LogP contribution in [-0.4, -0.2) is 44.4 Å². The number of benzene rings is 1. The number of rotatable bonds is 6. The van der Waals surface area contributed by atoms with Crippen LogP contribution in [0.25, 0.3) is 0 Å². The molecule has 0 amide bonds. The summed E-state index contributed by atoms with van der Waals surface area (Å²) in [7, 11) is 1.91. The van der Waals surface area contributed by atoms with Crippen molar-refractivity contribution in [3.63, 3.8) is 0 Å². The lowest BCUT2D eigenvalue weighted by atomic mass is 9.90. The van der Waals surface area contributed by atoms with Crippen molar-refractivity contribution in [2.75, 3.05) is 19.7 Å². The predicted molar refractivity (Wildman–Crippen MR) is 95.4 cm³/mol. The van der Waals surface area contributed by atoms with Gasteiger partial charge in [0, 0.05) is 31.5 Å². The number of para-hydroxylation sites is 1. The van der Waals surface area contributed by atoms with E-state index in [1.165, 1.54) is 0 Å². The van der Waals surface area contributed by atoms with Gasteiger partial charge < -0.3 is 19.5 Å². The molecule has 3 rings (SSSR count). The maximum atomic E-state index is 10.6. The van der Waals surface area contributed by atoms with Crippen LogP contribution in [0.1, 0.15) is 37.3 Å². The summed E-state index contributed by atoms with van der Waals surface area (Å²) in [5.74, 6) is 1.74. The van der Waals surface area contributed by atoms with Gasteiger partial charge in [-0.3, -0.25) is 4.90 Å². The van der Waals surface area contributed by atoms with Crippen molar-refractivity contribution in [2.45, 2.75) is 32.4 Å². The van der Waals surface area contributed by atoms with Crippen molar-refractivity contribution in [3.8, 4) is 11.5 Å². The van der Waals surface area contributed by atoms with E-state index in [1.54, 1.807) is 12.3 Å². The van der Waals surface area contributed by atoms with Crippen LogP contribution >= 0.6 is 0 Å². The molecular weight excluding hydrogens is 318 g/mol. The minimum atomic E-state index is -0.517. The molecule has 2 N–H and O–H groups in total. The minimum Gasteiger partial charge on any atom is -0.504 e. The minimum absolute atomic E-state index is 0.223. The van der Waals surface area contributed by atoms with Gasteiger partial charge in [0.1, 0.15) is 11.9 Å². The third-order valence-electron chi connectivity index (χ3n) is 4.98. The Morgan fingerprint density at radius 3 is 2.72 bits per heavy atom. The molecule has 1 atom stereocenters. The highest BCUT2D eigenvalue weighted by molar-refractivity contribution is 5.45. The fourth-order valence-electron chi connectivity index (χ4n) is 3.51. The zero-order valence-corrected chi connectivity index (χ0v) is 14.9. The van der Waals surface area contributed by atoms with E-state index < -0.39 is 6.10 Å². The number of imidazole rings is 1. The first-order chi connectivity index (χ1) is 12.1. The van der Waals surface area contributed by atoms with Crippen molar-refractivity contribution in [1.82, 2.24) is 14.5 Å². The summed E-state index contributed by atoms with van der Waals surface area (Å²) in [6.45, 7) is 4.92. The number of nitrogens with zero attached hydrogens (tertiary/aromatic N) is 3. The Morgan fingerprint density at radius 2 is 2.08 bits per heavy atom. The molecule has 2 aromatic rings. The van der Waals surface area contributed by atoms with Crippen molar-refractivity contribution in [2.24, 2.45) is 13.0 Å². The second-order valence-electron chi connectivity index (χ2n) is 6.65. The highest BCUT2D eigenvalue weighted by atomic mass is 16.5. The highest BCUT2D eigenvalue weighted by Gasteiger charge is 2.28. The lowest BCUT2D eigenvalue weighted by molar-refractivity contribution is 0.0490. The van der Waals surface area contributed by atoms with Crippen LogP contribution in [0, 0.1) is 5.92 Å². The monoisotopic (exact) mass is 345 g/mol. The van der Waals surface area contributed by atoms with E-state index >= 15 is 0 Å². The number of aromatic hydroxyl groups is 1. The molecule has 136 valence electrons. The number of piperidine rings is 1. The SMILES string of the molecule is CCOc1cccc(CN2CCC(C(O)c3nccn3C)CC2)c1O. The van der Waals surface area contributed by atoms with Crippen molar-refractivity contribution < 1.29 is 14.9 Å². The van der Waals surface area contributed by atoms with Gasteiger partial charge in [-0.15, -0.1) is 0 Å². The summed E-state index contributed by atoms with van der Waals surface area (Å²) in [6, 6.07) is 5.64. The normalized spacial score (nSPS) is 17.6. The third-order valence-corrected chi connectivity index (χ3v) is 4.98. The molecular formula is C19H27N3O3. The first-order valence-corrected chi connectivity index (χ1v) is 8.91. The number of aryl methyl sites for hydroxylation is 1. The lowest BCUT2D eigenvalue weighted by Gasteiger charge is -2.34. The molecule has 0 aliphatic carbocycles. The van der Waals surface area contributed by atoms with Gasteiger partial charge in [-0.05, 0) is 44.8 Å². The van der Waals surface area contributed by atoms with Crippen LogP contribution in [0.4, 0.5) is 0 Å². The standard InChI is InChI=1S/C19H27N3O3/c1-3-25-16-6-4-5-15(17(16)23)13-22-10-7-14(8-11-22)18(24)19-20-9-12-21(19)2/h4-6,9,12,14,18,23-24H,3,7-8,10-11,13H2,1-2H3. The van der Waals surface area contributed by atoms with Gasteiger partial charge in [0.2, 0.25) is 0 Å². The molecule has 1 aromatic heterocycles. The fraction of sp³-hybridized carbons (Fsp3) is 0.526. The molecule has 0 radical (unpaired) electrons. The summed E-state index contributed by atoms with van der Waals surface area (Å²) in [5, 5.41) is 20.9. The zero-order valence-electron chi connectivity index (χ0n) is 14.9. The number of phenols is 1. The zero-order chi connectivity index (χ0) is 17.8. The Hall–Kier alpha value is -2.05. The van der Waals surface area contributed by atoms with E-state index in [4.69, 9.17) is 4.74 Å². The fourth-order valence-corrected chi connectivity index (χ4v) is 3.51. The first-order valence-electron chi connectivity index (χ1n) is 8.91. The van der Waals surface area contributed by atoms with E-state index in [-0.39, 0.29) is 11.7 Å². The number of ether oxygens (including phenoxy) is 1. The Bertz CT molecular complexity index is 693. The summed E-state index contributed by atoms with van der Waals surface area (Å²) < 4.78 is 7.34. The Balaban J connectivity index is 1.58. The molecule has 1 aliphatic heterocycles. The van der Waals surface area contributed by atoms with Crippen LogP contribution in [0.3, 0.4) is 0 Å². The molecule has 1 aliphatic rings. The molecule has 0 saturated carbocycles. The van der Waals surface area contributed by atoms with Crippen LogP contribution in [0.5, 0.6) is 11.5 Å². The van der Waals surface area contributed by atoms with Gasteiger partial charge in [0.15, 0.2) is 11.5 Å². The van der Waals surface area contributed by atoms with Crippen LogP contribution in [0.2, 0.25) is 0 Å². The maximum Gasteiger partial charge on any atom is 0.162 e. The summed E-state index contributed by atoms with van der Waals surface area (Å²) in [4.78, 5) is 6.58. The molecule has 1 aromatic carbocycles. The van der Waals surface area contributed by atoms with E-state index in [0.29, 0.717) is 18.9 Å². The van der Waals surface area contributed by atoms with E-state index in [2.05, 4.69) is 9.88 Å². The topological polar surface area (TPSA) is 70.8 Å². The van der Waals surface area contributed by atoms with Gasteiger partial charge in [0.05, 0.1) is 6.61 Å². The Kier molecular flexibility index (Phi) is 5.60. The number of hydrogen-bond acceptors (Lipinski definition) is 5. The number of likely N-dealkylation sites (tertiary alicyclic amines) is 1. The van der Waals surface area contributed by atoms with Crippen LogP contribution < -0.4 is 4.74 Å². The van der Waals surface area contributed by atoms with Crippen molar-refractivity contribution >= 4 is 0 Å². The average Bonchev–Trinajstić information content (AvgIpc) is 3.05. The number of phenolic OH excluding ortho intramolecular Hbond substituents is 1. The van der Waals surface area contributed by atoms with Crippen LogP contribution in [0.15, 0.2) is 30.6 Å². The number of aliphatic hydroxyl groups excluding tert-OH is 1. The average molecular weight is 345 g/mol. The van der Waals surface area contributed by atoms with Gasteiger partial charge in [-0.1, -0.05) is 12.1 Å².